The maximum atomic E-state index is 12.1. The maximum absolute atomic E-state index is 12.1. The molecular weight excluding hydrogens is 248 g/mol. The van der Waals surface area contributed by atoms with Gasteiger partial charge in [0.25, 0.3) is 11.8 Å². The second-order valence-electron chi connectivity index (χ2n) is 4.59. The molecule has 1 aromatic carbocycles. The van der Waals surface area contributed by atoms with Gasteiger partial charge in [-0.15, -0.1) is 0 Å². The Kier molecular flexibility index (Phi) is 2.90. The molecule has 0 aromatic heterocycles. The molecule has 1 heterocycles. The molecule has 0 unspecified atom stereocenters. The minimum atomic E-state index is -2.34. The zero-order valence-electron chi connectivity index (χ0n) is 10.9. The molecule has 1 saturated heterocycles. The van der Waals surface area contributed by atoms with E-state index in [0.29, 0.717) is 0 Å². The molecular formula is C13H14N2O4. The second kappa shape index (κ2) is 4.17. The number of barbiturate groups is 1. The number of hydrogen-bond donors (Lipinski definition) is 1. The van der Waals surface area contributed by atoms with Crippen molar-refractivity contribution in [2.24, 2.45) is 0 Å². The number of urea groups is 1. The number of rotatable bonds is 1. The lowest BCUT2D eigenvalue weighted by Gasteiger charge is -2.38. The van der Waals surface area contributed by atoms with Gasteiger partial charge in [0.1, 0.15) is 0 Å². The molecule has 6 nitrogen and oxygen atoms in total. The van der Waals surface area contributed by atoms with Gasteiger partial charge in [0, 0.05) is 19.7 Å². The summed E-state index contributed by atoms with van der Waals surface area (Å²) in [5.74, 6) is -1.88. The van der Waals surface area contributed by atoms with Crippen LogP contribution in [0.1, 0.15) is 11.1 Å². The number of likely N-dealkylation sites (N-methyl/N-ethyl adjacent to an activating group) is 2. The van der Waals surface area contributed by atoms with E-state index in [9.17, 15) is 19.5 Å². The Morgan fingerprint density at radius 1 is 1.05 bits per heavy atom. The molecule has 4 amide bonds. The summed E-state index contributed by atoms with van der Waals surface area (Å²) in [6, 6.07) is 5.70. The first kappa shape index (κ1) is 13.2. The summed E-state index contributed by atoms with van der Waals surface area (Å²) in [7, 11) is 2.46. The summed E-state index contributed by atoms with van der Waals surface area (Å²) >= 11 is 0. The topological polar surface area (TPSA) is 77.9 Å². The van der Waals surface area contributed by atoms with Crippen LogP contribution in [0.4, 0.5) is 4.79 Å². The number of aliphatic hydroxyl groups is 1. The lowest BCUT2D eigenvalue weighted by Crippen LogP contribution is -2.65. The average molecular weight is 262 g/mol. The monoisotopic (exact) mass is 262 g/mol. The van der Waals surface area contributed by atoms with Crippen molar-refractivity contribution in [3.05, 3.63) is 35.4 Å². The molecule has 19 heavy (non-hydrogen) atoms. The van der Waals surface area contributed by atoms with Gasteiger partial charge in [-0.25, -0.2) is 4.79 Å². The summed E-state index contributed by atoms with van der Waals surface area (Å²) < 4.78 is 0. The van der Waals surface area contributed by atoms with Crippen LogP contribution in [0.5, 0.6) is 0 Å². The highest BCUT2D eigenvalue weighted by molar-refractivity contribution is 6.21. The molecule has 0 radical (unpaired) electrons. The van der Waals surface area contributed by atoms with E-state index in [0.717, 1.165) is 15.4 Å². The zero-order chi connectivity index (χ0) is 14.4. The molecule has 1 N–H and O–H groups in total. The molecule has 0 bridgehead atoms. The van der Waals surface area contributed by atoms with Crippen molar-refractivity contribution >= 4 is 17.8 Å². The van der Waals surface area contributed by atoms with Gasteiger partial charge in [-0.3, -0.25) is 19.4 Å². The van der Waals surface area contributed by atoms with Crippen molar-refractivity contribution in [2.45, 2.75) is 12.5 Å². The minimum Gasteiger partial charge on any atom is -0.368 e. The fraction of sp³-hybridized carbons (Fsp3) is 0.308. The standard InChI is InChI=1S/C13H14N2O4/c1-8-5-4-6-9(7-8)13(19)10(16)14(2)12(18)15(3)11(13)17/h4-7,19H,1-3H3. The summed E-state index contributed by atoms with van der Waals surface area (Å²) in [6.07, 6.45) is 0. The molecule has 1 fully saturated rings. The quantitative estimate of drug-likeness (QED) is 0.735. The van der Waals surface area contributed by atoms with Crippen LogP contribution in [-0.4, -0.2) is 46.8 Å². The highest BCUT2D eigenvalue weighted by Gasteiger charge is 2.55. The fourth-order valence-corrected chi connectivity index (χ4v) is 2.09. The first-order valence-electron chi connectivity index (χ1n) is 5.70. The Balaban J connectivity index is 2.60. The molecule has 0 saturated carbocycles. The third kappa shape index (κ3) is 1.72. The lowest BCUT2D eigenvalue weighted by molar-refractivity contribution is -0.169. The number of hydrogen-bond acceptors (Lipinski definition) is 4. The molecule has 100 valence electrons. The first-order valence-corrected chi connectivity index (χ1v) is 5.70. The van der Waals surface area contributed by atoms with Crippen molar-refractivity contribution in [2.75, 3.05) is 14.1 Å². The highest BCUT2D eigenvalue weighted by atomic mass is 16.3. The molecule has 1 aliphatic rings. The largest absolute Gasteiger partial charge is 0.368 e. The Morgan fingerprint density at radius 3 is 2.05 bits per heavy atom. The lowest BCUT2D eigenvalue weighted by atomic mass is 9.88. The number of amides is 4. The van der Waals surface area contributed by atoms with E-state index >= 15 is 0 Å². The molecule has 0 aliphatic carbocycles. The van der Waals surface area contributed by atoms with E-state index in [2.05, 4.69) is 0 Å². The van der Waals surface area contributed by atoms with Crippen LogP contribution in [0.25, 0.3) is 0 Å². The summed E-state index contributed by atoms with van der Waals surface area (Å²) in [4.78, 5) is 37.4. The van der Waals surface area contributed by atoms with Gasteiger partial charge in [-0.2, -0.15) is 0 Å². The van der Waals surface area contributed by atoms with Crippen molar-refractivity contribution in [3.63, 3.8) is 0 Å². The summed E-state index contributed by atoms with van der Waals surface area (Å²) in [6.45, 7) is 1.78. The zero-order valence-corrected chi connectivity index (χ0v) is 10.9. The number of nitrogens with zero attached hydrogens (tertiary/aromatic N) is 2. The smallest absolute Gasteiger partial charge is 0.333 e. The molecule has 6 heteroatoms. The fourth-order valence-electron chi connectivity index (χ4n) is 2.09. The molecule has 0 atom stereocenters. The Labute approximate surface area is 110 Å². The number of carbonyl (C=O) groups excluding carboxylic acids is 3. The van der Waals surface area contributed by atoms with Gasteiger partial charge in [0.2, 0.25) is 5.60 Å². The van der Waals surface area contributed by atoms with Crippen molar-refractivity contribution < 1.29 is 19.5 Å². The number of imide groups is 2. The van der Waals surface area contributed by atoms with E-state index in [1.54, 1.807) is 25.1 Å². The third-order valence-corrected chi connectivity index (χ3v) is 3.24. The van der Waals surface area contributed by atoms with Crippen LogP contribution in [0.2, 0.25) is 0 Å². The number of carbonyl (C=O) groups is 3. The van der Waals surface area contributed by atoms with E-state index in [1.807, 2.05) is 0 Å². The Hall–Kier alpha value is -2.21. The minimum absolute atomic E-state index is 0.161. The van der Waals surface area contributed by atoms with Crippen molar-refractivity contribution in [1.82, 2.24) is 9.80 Å². The van der Waals surface area contributed by atoms with Crippen LogP contribution in [0, 0.1) is 6.92 Å². The molecule has 1 aromatic rings. The van der Waals surface area contributed by atoms with Crippen LogP contribution in [-0.2, 0) is 15.2 Å². The predicted molar refractivity (Wildman–Crippen MR) is 66.0 cm³/mol. The van der Waals surface area contributed by atoms with Gasteiger partial charge in [-0.1, -0.05) is 29.8 Å². The summed E-state index contributed by atoms with van der Waals surface area (Å²) in [5.41, 5.74) is -1.38. The van der Waals surface area contributed by atoms with Crippen molar-refractivity contribution in [3.8, 4) is 0 Å². The SMILES string of the molecule is Cc1cccc(C2(O)C(=O)N(C)C(=O)N(C)C2=O)c1. The van der Waals surface area contributed by atoms with Gasteiger partial charge in [0.15, 0.2) is 0 Å². The van der Waals surface area contributed by atoms with E-state index in [4.69, 9.17) is 0 Å². The average Bonchev–Trinajstić information content (AvgIpc) is 2.41. The maximum Gasteiger partial charge on any atom is 0.333 e. The summed E-state index contributed by atoms with van der Waals surface area (Å²) in [5, 5.41) is 10.5. The predicted octanol–water partition coefficient (Wildman–Crippen LogP) is 0.233. The van der Waals surface area contributed by atoms with Crippen LogP contribution < -0.4 is 0 Å². The third-order valence-electron chi connectivity index (χ3n) is 3.24. The molecule has 2 rings (SSSR count). The Morgan fingerprint density at radius 2 is 1.58 bits per heavy atom. The van der Waals surface area contributed by atoms with Gasteiger partial charge >= 0.3 is 6.03 Å². The first-order chi connectivity index (χ1) is 8.80. The van der Waals surface area contributed by atoms with Gasteiger partial charge in [-0.05, 0) is 6.92 Å². The normalized spacial score (nSPS) is 19.1. The van der Waals surface area contributed by atoms with E-state index < -0.39 is 23.4 Å². The molecule has 0 spiro atoms. The van der Waals surface area contributed by atoms with Crippen LogP contribution in [0.15, 0.2) is 24.3 Å². The van der Waals surface area contributed by atoms with E-state index in [-0.39, 0.29) is 5.56 Å². The number of benzene rings is 1. The molecule has 1 aliphatic heterocycles. The van der Waals surface area contributed by atoms with Crippen LogP contribution >= 0.6 is 0 Å². The Bertz CT molecular complexity index is 558. The van der Waals surface area contributed by atoms with Gasteiger partial charge < -0.3 is 5.11 Å². The van der Waals surface area contributed by atoms with Gasteiger partial charge in [0.05, 0.1) is 0 Å². The number of aryl methyl sites for hydroxylation is 1. The van der Waals surface area contributed by atoms with E-state index in [1.165, 1.54) is 20.2 Å². The van der Waals surface area contributed by atoms with Crippen molar-refractivity contribution in [1.29, 1.82) is 0 Å². The van der Waals surface area contributed by atoms with Crippen LogP contribution in [0.3, 0.4) is 0 Å². The highest BCUT2D eigenvalue weighted by Crippen LogP contribution is 2.30. The second-order valence-corrected chi connectivity index (χ2v) is 4.59.